The average Bonchev–Trinajstić information content (AvgIpc) is 4.03. The smallest absolute Gasteiger partial charge is 0.0619 e. The molecule has 3 nitrogen and oxygen atoms in total. The van der Waals surface area contributed by atoms with E-state index in [0.717, 1.165) is 5.69 Å². The van der Waals surface area contributed by atoms with E-state index >= 15 is 0 Å². The zero-order valence-corrected chi connectivity index (χ0v) is 32.1. The second-order valence-corrected chi connectivity index (χ2v) is 16.3. The van der Waals surface area contributed by atoms with Gasteiger partial charge in [-0.25, -0.2) is 0 Å². The molecule has 270 valence electrons. The van der Waals surface area contributed by atoms with Crippen LogP contribution in [0.3, 0.4) is 0 Å². The summed E-state index contributed by atoms with van der Waals surface area (Å²) >= 11 is 1.88. The Bertz CT molecular complexity index is 3750. The van der Waals surface area contributed by atoms with Gasteiger partial charge < -0.3 is 13.7 Å². The van der Waals surface area contributed by atoms with Crippen LogP contribution in [0, 0.1) is 0 Å². The summed E-state index contributed by atoms with van der Waals surface area (Å²) < 4.78 is 9.97. The third-order valence-corrected chi connectivity index (χ3v) is 13.4. The highest BCUT2D eigenvalue weighted by molar-refractivity contribution is 7.26. The van der Waals surface area contributed by atoms with Gasteiger partial charge in [0.2, 0.25) is 0 Å². The van der Waals surface area contributed by atoms with E-state index in [1.807, 2.05) is 11.3 Å². The number of rotatable bonds is 4. The third kappa shape index (κ3) is 4.32. The zero-order valence-electron chi connectivity index (χ0n) is 31.3. The predicted molar refractivity (Wildman–Crippen MR) is 248 cm³/mol. The number of hydrogen-bond donors (Lipinski definition) is 0. The largest absolute Gasteiger partial charge is 0.309 e. The molecular weight excluding hydrogens is 723 g/mol. The van der Waals surface area contributed by atoms with E-state index in [4.69, 9.17) is 0 Å². The van der Waals surface area contributed by atoms with Gasteiger partial charge in [0.15, 0.2) is 0 Å². The highest BCUT2D eigenvalue weighted by atomic mass is 32.1. The summed E-state index contributed by atoms with van der Waals surface area (Å²) in [5.41, 5.74) is 13.2. The van der Waals surface area contributed by atoms with Crippen molar-refractivity contribution in [2.75, 3.05) is 0 Å². The molecule has 0 atom stereocenters. The zero-order chi connectivity index (χ0) is 37.9. The first kappa shape index (κ1) is 31.8. The van der Waals surface area contributed by atoms with Crippen LogP contribution in [0.5, 0.6) is 0 Å². The standard InChI is InChI=1S/C54H33N3S/c1-2-15-34(16-3-1)55-47-27-11-7-20-42(47)53-48(55)28-14-29-49(53)57-46-26-10-6-19-38(46)40-22-12-23-41(54(40)57)39-21-13-30-51-52(39)43-33-35(31-32-50(43)58-51)56-44-24-8-4-17-36(44)37-18-5-9-25-45(37)56/h1-33H. The predicted octanol–water partition coefficient (Wildman–Crippen LogP) is 15.0. The molecule has 4 heteroatoms. The van der Waals surface area contributed by atoms with Crippen LogP contribution < -0.4 is 0 Å². The van der Waals surface area contributed by atoms with Crippen molar-refractivity contribution >= 4 is 96.9 Å². The second kappa shape index (κ2) is 12.1. The van der Waals surface area contributed by atoms with Crippen molar-refractivity contribution in [3.8, 4) is 28.2 Å². The SMILES string of the molecule is c1ccc(-n2c3ccccc3c3c(-n4c5ccccc5c5cccc(-c6cccc7sc8ccc(-n9c%10ccccc%10c%10ccccc%109)cc8c67)c54)cccc32)cc1. The lowest BCUT2D eigenvalue weighted by atomic mass is 9.97. The Labute approximate surface area is 337 Å². The molecule has 4 aromatic heterocycles. The highest BCUT2D eigenvalue weighted by Gasteiger charge is 2.23. The molecule has 0 aliphatic carbocycles. The number of thiophene rings is 1. The molecular formula is C54H33N3S. The molecule has 0 aliphatic heterocycles. The lowest BCUT2D eigenvalue weighted by molar-refractivity contribution is 1.17. The molecule has 13 rings (SSSR count). The van der Waals surface area contributed by atoms with Gasteiger partial charge >= 0.3 is 0 Å². The van der Waals surface area contributed by atoms with Crippen LogP contribution in [0.2, 0.25) is 0 Å². The first-order valence-corrected chi connectivity index (χ1v) is 20.7. The second-order valence-electron chi connectivity index (χ2n) is 15.2. The van der Waals surface area contributed by atoms with Crippen molar-refractivity contribution in [3.05, 3.63) is 200 Å². The summed E-state index contributed by atoms with van der Waals surface area (Å²) in [5, 5.41) is 10.1. The Morgan fingerprint density at radius 2 is 0.828 bits per heavy atom. The van der Waals surface area contributed by atoms with E-state index in [1.165, 1.54) is 108 Å². The first-order chi connectivity index (χ1) is 28.8. The molecule has 0 N–H and O–H groups in total. The first-order valence-electron chi connectivity index (χ1n) is 19.9. The third-order valence-electron chi connectivity index (χ3n) is 12.2. The fourth-order valence-electron chi connectivity index (χ4n) is 9.91. The molecule has 0 fully saturated rings. The number of hydrogen-bond acceptors (Lipinski definition) is 1. The van der Waals surface area contributed by atoms with Crippen molar-refractivity contribution in [3.63, 3.8) is 0 Å². The summed E-state index contributed by atoms with van der Waals surface area (Å²) in [6.45, 7) is 0. The minimum Gasteiger partial charge on any atom is -0.309 e. The molecule has 0 radical (unpaired) electrons. The van der Waals surface area contributed by atoms with Gasteiger partial charge in [0.1, 0.15) is 0 Å². The molecule has 0 aliphatic rings. The van der Waals surface area contributed by atoms with Crippen molar-refractivity contribution in [1.82, 2.24) is 13.7 Å². The van der Waals surface area contributed by atoms with Crippen LogP contribution in [0.1, 0.15) is 0 Å². The van der Waals surface area contributed by atoms with Crippen molar-refractivity contribution in [1.29, 1.82) is 0 Å². The van der Waals surface area contributed by atoms with E-state index in [-0.39, 0.29) is 0 Å². The van der Waals surface area contributed by atoms with Crippen LogP contribution in [0.4, 0.5) is 0 Å². The number of para-hydroxylation sites is 6. The van der Waals surface area contributed by atoms with Crippen LogP contribution in [-0.2, 0) is 0 Å². The fraction of sp³-hybridized carbons (Fsp3) is 0. The Balaban J connectivity index is 1.12. The quantitative estimate of drug-likeness (QED) is 0.170. The summed E-state index contributed by atoms with van der Waals surface area (Å²) in [4.78, 5) is 0. The Kier molecular flexibility index (Phi) is 6.60. The molecule has 0 saturated heterocycles. The molecule has 9 aromatic carbocycles. The Morgan fingerprint density at radius 1 is 0.293 bits per heavy atom. The maximum absolute atomic E-state index is 2.54. The summed E-state index contributed by atoms with van der Waals surface area (Å²) in [5.74, 6) is 0. The van der Waals surface area contributed by atoms with E-state index in [0.29, 0.717) is 0 Å². The normalized spacial score (nSPS) is 12.1. The van der Waals surface area contributed by atoms with Crippen LogP contribution in [-0.4, -0.2) is 13.7 Å². The monoisotopic (exact) mass is 755 g/mol. The van der Waals surface area contributed by atoms with Gasteiger partial charge in [-0.1, -0.05) is 127 Å². The lowest BCUT2D eigenvalue weighted by Gasteiger charge is -2.15. The Morgan fingerprint density at radius 3 is 1.57 bits per heavy atom. The van der Waals surface area contributed by atoms with Gasteiger partial charge in [-0.2, -0.15) is 0 Å². The van der Waals surface area contributed by atoms with Crippen molar-refractivity contribution in [2.24, 2.45) is 0 Å². The molecule has 0 unspecified atom stereocenters. The minimum absolute atomic E-state index is 1.16. The van der Waals surface area contributed by atoms with Gasteiger partial charge in [0, 0.05) is 69.4 Å². The van der Waals surface area contributed by atoms with Crippen molar-refractivity contribution in [2.45, 2.75) is 0 Å². The number of nitrogens with zero attached hydrogens (tertiary/aromatic N) is 3. The van der Waals surface area contributed by atoms with Crippen LogP contribution in [0.15, 0.2) is 200 Å². The summed E-state index contributed by atoms with van der Waals surface area (Å²) in [6.07, 6.45) is 0. The van der Waals surface area contributed by atoms with E-state index in [2.05, 4.69) is 214 Å². The lowest BCUT2D eigenvalue weighted by Crippen LogP contribution is -1.98. The van der Waals surface area contributed by atoms with Crippen LogP contribution >= 0.6 is 11.3 Å². The van der Waals surface area contributed by atoms with Gasteiger partial charge in [0.05, 0.1) is 38.8 Å². The summed E-state index contributed by atoms with van der Waals surface area (Å²) in [7, 11) is 0. The molecule has 0 amide bonds. The number of benzene rings is 9. The molecule has 0 spiro atoms. The number of fused-ring (bicyclic) bond motifs is 12. The van der Waals surface area contributed by atoms with E-state index in [1.54, 1.807) is 0 Å². The van der Waals surface area contributed by atoms with Gasteiger partial charge in [-0.05, 0) is 78.4 Å². The van der Waals surface area contributed by atoms with Gasteiger partial charge in [-0.3, -0.25) is 0 Å². The maximum atomic E-state index is 2.54. The summed E-state index contributed by atoms with van der Waals surface area (Å²) in [6, 6.07) is 73.6. The molecule has 0 saturated carbocycles. The minimum atomic E-state index is 1.16. The Hall–Kier alpha value is -7.40. The fourth-order valence-corrected chi connectivity index (χ4v) is 11.0. The van der Waals surface area contributed by atoms with Crippen LogP contribution in [0.25, 0.3) is 114 Å². The molecule has 0 bridgehead atoms. The molecule has 4 heterocycles. The topological polar surface area (TPSA) is 14.8 Å². The average molecular weight is 756 g/mol. The number of aromatic nitrogens is 3. The van der Waals surface area contributed by atoms with E-state index < -0.39 is 0 Å². The highest BCUT2D eigenvalue weighted by Crippen LogP contribution is 2.47. The van der Waals surface area contributed by atoms with Crippen molar-refractivity contribution < 1.29 is 0 Å². The maximum Gasteiger partial charge on any atom is 0.0619 e. The van der Waals surface area contributed by atoms with Gasteiger partial charge in [-0.15, -0.1) is 11.3 Å². The van der Waals surface area contributed by atoms with Gasteiger partial charge in [0.25, 0.3) is 0 Å². The molecule has 58 heavy (non-hydrogen) atoms. The van der Waals surface area contributed by atoms with E-state index in [9.17, 15) is 0 Å². The molecule has 13 aromatic rings.